The summed E-state index contributed by atoms with van der Waals surface area (Å²) in [6.07, 6.45) is 0. The molecule has 4 heterocycles. The Kier molecular flexibility index (Phi) is 6.10. The van der Waals surface area contributed by atoms with Gasteiger partial charge in [-0.15, -0.1) is 0 Å². The molecule has 0 bridgehead atoms. The first kappa shape index (κ1) is 30.6. The van der Waals surface area contributed by atoms with Gasteiger partial charge in [0.15, 0.2) is 0 Å². The van der Waals surface area contributed by atoms with E-state index < -0.39 is 0 Å². The van der Waals surface area contributed by atoms with Crippen molar-refractivity contribution in [3.8, 4) is 22.8 Å². The SMILES string of the molecule is c1ccc2cc(-n3c4ccccc4c4ccc(-c5ccc6c(c5)c5c7ccccc7ccc5n6-c5nc6ccccc6c6nc7ccccc7n56)cc43)ccc2c1. The van der Waals surface area contributed by atoms with Gasteiger partial charge in [0.2, 0.25) is 5.95 Å². The van der Waals surface area contributed by atoms with Crippen LogP contribution in [0.15, 0.2) is 188 Å². The van der Waals surface area contributed by atoms with Crippen LogP contribution in [0, 0.1) is 0 Å². The van der Waals surface area contributed by atoms with Gasteiger partial charge in [-0.1, -0.05) is 121 Å². The average molecular weight is 726 g/mol. The number of rotatable bonds is 3. The van der Waals surface area contributed by atoms with Crippen molar-refractivity contribution >= 4 is 92.7 Å². The molecular weight excluding hydrogens is 695 g/mol. The van der Waals surface area contributed by atoms with Gasteiger partial charge in [0.25, 0.3) is 0 Å². The first-order valence-corrected chi connectivity index (χ1v) is 19.4. The van der Waals surface area contributed by atoms with Crippen LogP contribution in [0.25, 0.3) is 116 Å². The number of hydrogen-bond acceptors (Lipinski definition) is 2. The molecule has 264 valence electrons. The van der Waals surface area contributed by atoms with Crippen LogP contribution in [0.2, 0.25) is 0 Å². The Bertz CT molecular complexity index is 3820. The van der Waals surface area contributed by atoms with Gasteiger partial charge in [-0.2, -0.15) is 0 Å². The number of para-hydroxylation sites is 4. The zero-order valence-electron chi connectivity index (χ0n) is 30.6. The molecule has 0 aliphatic carbocycles. The van der Waals surface area contributed by atoms with Gasteiger partial charge in [0.05, 0.1) is 38.6 Å². The van der Waals surface area contributed by atoms with Crippen LogP contribution in [0.1, 0.15) is 0 Å². The lowest BCUT2D eigenvalue weighted by atomic mass is 9.99. The summed E-state index contributed by atoms with van der Waals surface area (Å²) in [6.45, 7) is 0. The molecule has 0 fully saturated rings. The average Bonchev–Trinajstić information content (AvgIpc) is 3.94. The van der Waals surface area contributed by atoms with E-state index in [9.17, 15) is 0 Å². The van der Waals surface area contributed by atoms with E-state index in [1.54, 1.807) is 0 Å². The maximum Gasteiger partial charge on any atom is 0.221 e. The third-order valence-corrected chi connectivity index (χ3v) is 12.0. The maximum atomic E-state index is 5.42. The molecule has 0 saturated carbocycles. The molecule has 5 nitrogen and oxygen atoms in total. The van der Waals surface area contributed by atoms with Crippen LogP contribution < -0.4 is 0 Å². The van der Waals surface area contributed by atoms with E-state index >= 15 is 0 Å². The van der Waals surface area contributed by atoms with Crippen LogP contribution >= 0.6 is 0 Å². The number of aromatic nitrogens is 5. The third kappa shape index (κ3) is 4.28. The topological polar surface area (TPSA) is 40.0 Å². The van der Waals surface area contributed by atoms with Gasteiger partial charge >= 0.3 is 0 Å². The summed E-state index contributed by atoms with van der Waals surface area (Å²) in [6, 6.07) is 67.9. The number of fused-ring (bicyclic) bond motifs is 14. The Morgan fingerprint density at radius 3 is 1.86 bits per heavy atom. The summed E-state index contributed by atoms with van der Waals surface area (Å²) < 4.78 is 7.00. The highest BCUT2D eigenvalue weighted by Crippen LogP contribution is 2.41. The Morgan fingerprint density at radius 1 is 0.333 bits per heavy atom. The van der Waals surface area contributed by atoms with Gasteiger partial charge in [-0.25, -0.2) is 9.97 Å². The highest BCUT2D eigenvalue weighted by molar-refractivity contribution is 6.22. The summed E-state index contributed by atoms with van der Waals surface area (Å²) in [5.74, 6) is 0.821. The minimum Gasteiger partial charge on any atom is -0.309 e. The van der Waals surface area contributed by atoms with Crippen molar-refractivity contribution in [1.82, 2.24) is 23.5 Å². The fourth-order valence-electron chi connectivity index (χ4n) is 9.41. The van der Waals surface area contributed by atoms with E-state index in [1.807, 2.05) is 0 Å². The first-order chi connectivity index (χ1) is 28.3. The Labute approximate surface area is 325 Å². The molecule has 0 radical (unpaired) electrons. The second kappa shape index (κ2) is 11.4. The predicted octanol–water partition coefficient (Wildman–Crippen LogP) is 13.2. The summed E-state index contributed by atoms with van der Waals surface area (Å²) in [7, 11) is 0. The molecule has 0 atom stereocenters. The van der Waals surface area contributed by atoms with E-state index in [0.29, 0.717) is 0 Å². The number of hydrogen-bond donors (Lipinski definition) is 0. The van der Waals surface area contributed by atoms with Gasteiger partial charge < -0.3 is 4.57 Å². The molecule has 9 aromatic carbocycles. The van der Waals surface area contributed by atoms with Crippen molar-refractivity contribution < 1.29 is 0 Å². The predicted molar refractivity (Wildman–Crippen MR) is 237 cm³/mol. The maximum absolute atomic E-state index is 5.42. The Balaban J connectivity index is 1.10. The monoisotopic (exact) mass is 725 g/mol. The first-order valence-electron chi connectivity index (χ1n) is 19.4. The normalized spacial score (nSPS) is 12.2. The zero-order valence-corrected chi connectivity index (χ0v) is 30.6. The van der Waals surface area contributed by atoms with Crippen molar-refractivity contribution in [3.63, 3.8) is 0 Å². The molecule has 4 aromatic heterocycles. The smallest absolute Gasteiger partial charge is 0.221 e. The highest BCUT2D eigenvalue weighted by atomic mass is 15.2. The molecule has 0 aliphatic rings. The minimum atomic E-state index is 0.821. The molecule has 0 aliphatic heterocycles. The van der Waals surface area contributed by atoms with E-state index in [4.69, 9.17) is 9.97 Å². The van der Waals surface area contributed by atoms with Gasteiger partial charge in [-0.05, 0) is 99.4 Å². The molecular formula is C52H31N5. The molecule has 13 rings (SSSR count). The van der Waals surface area contributed by atoms with Crippen molar-refractivity contribution in [3.05, 3.63) is 188 Å². The highest BCUT2D eigenvalue weighted by Gasteiger charge is 2.22. The van der Waals surface area contributed by atoms with Crippen molar-refractivity contribution in [1.29, 1.82) is 0 Å². The van der Waals surface area contributed by atoms with Gasteiger partial charge in [-0.3, -0.25) is 8.97 Å². The molecule has 13 aromatic rings. The number of nitrogens with zero attached hydrogens (tertiary/aromatic N) is 5. The quantitative estimate of drug-likeness (QED) is 0.182. The minimum absolute atomic E-state index is 0.821. The van der Waals surface area contributed by atoms with E-state index in [1.165, 1.54) is 59.7 Å². The summed E-state index contributed by atoms with van der Waals surface area (Å²) in [5.41, 5.74) is 11.9. The van der Waals surface area contributed by atoms with Gasteiger partial charge in [0, 0.05) is 32.6 Å². The lowest BCUT2D eigenvalue weighted by molar-refractivity contribution is 0.980. The second-order valence-corrected chi connectivity index (χ2v) is 15.1. The lowest BCUT2D eigenvalue weighted by Gasteiger charge is -2.13. The van der Waals surface area contributed by atoms with Crippen LogP contribution in [0.3, 0.4) is 0 Å². The van der Waals surface area contributed by atoms with Crippen LogP contribution in [0.4, 0.5) is 0 Å². The zero-order chi connectivity index (χ0) is 37.2. The molecule has 0 amide bonds. The molecule has 0 N–H and O–H groups in total. The number of benzene rings is 9. The van der Waals surface area contributed by atoms with Crippen molar-refractivity contribution in [2.24, 2.45) is 0 Å². The Morgan fingerprint density at radius 2 is 0.965 bits per heavy atom. The largest absolute Gasteiger partial charge is 0.309 e. The second-order valence-electron chi connectivity index (χ2n) is 15.1. The van der Waals surface area contributed by atoms with Crippen molar-refractivity contribution in [2.75, 3.05) is 0 Å². The molecule has 57 heavy (non-hydrogen) atoms. The molecule has 0 saturated heterocycles. The van der Waals surface area contributed by atoms with Gasteiger partial charge in [0.1, 0.15) is 5.65 Å². The third-order valence-electron chi connectivity index (χ3n) is 12.0. The fourth-order valence-corrected chi connectivity index (χ4v) is 9.41. The molecule has 5 heteroatoms. The van der Waals surface area contributed by atoms with Crippen LogP contribution in [-0.2, 0) is 0 Å². The summed E-state index contributed by atoms with van der Waals surface area (Å²) in [5, 5.41) is 10.8. The summed E-state index contributed by atoms with van der Waals surface area (Å²) in [4.78, 5) is 10.6. The van der Waals surface area contributed by atoms with E-state index in [2.05, 4.69) is 202 Å². The molecule has 0 spiro atoms. The lowest BCUT2D eigenvalue weighted by Crippen LogP contribution is -2.06. The van der Waals surface area contributed by atoms with Crippen molar-refractivity contribution in [2.45, 2.75) is 0 Å². The summed E-state index contributed by atoms with van der Waals surface area (Å²) >= 11 is 0. The van der Waals surface area contributed by atoms with Crippen LogP contribution in [-0.4, -0.2) is 23.5 Å². The number of imidazole rings is 1. The Hall–Kier alpha value is -7.76. The van der Waals surface area contributed by atoms with E-state index in [0.717, 1.165) is 55.8 Å². The van der Waals surface area contributed by atoms with E-state index in [-0.39, 0.29) is 0 Å². The van der Waals surface area contributed by atoms with Crippen LogP contribution in [0.5, 0.6) is 0 Å². The standard InChI is InChI=1S/C52H31N5/c1-2-13-34-29-37(25-21-32(34)11-1)55-45-19-9-6-15-39(45)40-26-22-36(31-49(40)55)35-24-27-46-42(30-35)50-38-14-4-3-12-33(38)23-28-48(50)56(46)52-54-43-17-7-5-16-41(43)51-53-44-18-8-10-20-47(44)57(51)52/h1-31H. The fraction of sp³-hybridized carbons (Fsp3) is 0. The molecule has 0 unspecified atom stereocenters.